The van der Waals surface area contributed by atoms with Gasteiger partial charge in [0.15, 0.2) is 6.61 Å². The van der Waals surface area contributed by atoms with Crippen LogP contribution in [0.1, 0.15) is 5.56 Å². The third kappa shape index (κ3) is 6.22. The smallest absolute Gasteiger partial charge is 0.277 e. The molecule has 1 N–H and O–H groups in total. The third-order valence-electron chi connectivity index (χ3n) is 2.89. The molecule has 2 aromatic carbocycles. The highest BCUT2D eigenvalue weighted by molar-refractivity contribution is 14.1. The van der Waals surface area contributed by atoms with Gasteiger partial charge in [-0.15, -0.1) is 0 Å². The molecule has 0 aliphatic carbocycles. The molecule has 0 fully saturated rings. The van der Waals surface area contributed by atoms with Gasteiger partial charge in [-0.1, -0.05) is 15.9 Å². The molecule has 2 aromatic rings. The lowest BCUT2D eigenvalue weighted by molar-refractivity contribution is -0.123. The zero-order chi connectivity index (χ0) is 18.4. The van der Waals surface area contributed by atoms with E-state index in [-0.39, 0.29) is 12.5 Å². The van der Waals surface area contributed by atoms with Gasteiger partial charge in [-0.3, -0.25) is 4.79 Å². The van der Waals surface area contributed by atoms with Gasteiger partial charge in [-0.05, 0) is 90.3 Å². The maximum absolute atomic E-state index is 11.9. The number of hydrogen-bond acceptors (Lipinski definition) is 4. The predicted molar refractivity (Wildman–Crippen MR) is 116 cm³/mol. The van der Waals surface area contributed by atoms with Crippen molar-refractivity contribution in [1.82, 2.24) is 5.43 Å². The molecular formula is C16H12Br3IN2O3. The molecule has 0 aromatic heterocycles. The minimum atomic E-state index is -0.360. The Morgan fingerprint density at radius 3 is 2.52 bits per heavy atom. The average molecular weight is 647 g/mol. The molecule has 0 spiro atoms. The van der Waals surface area contributed by atoms with E-state index < -0.39 is 0 Å². The van der Waals surface area contributed by atoms with Crippen molar-refractivity contribution in [2.75, 3.05) is 13.7 Å². The molecule has 0 unspecified atom stereocenters. The Morgan fingerprint density at radius 1 is 1.24 bits per heavy atom. The molecular weight excluding hydrogens is 635 g/mol. The number of carbonyl (C=O) groups is 1. The fraction of sp³-hybridized carbons (Fsp3) is 0.125. The SMILES string of the molecule is COc1ccc(/C=N/NC(=O)COc2c(Br)cc(Br)cc2Br)cc1I. The Labute approximate surface area is 184 Å². The number of ether oxygens (including phenoxy) is 2. The highest BCUT2D eigenvalue weighted by atomic mass is 127. The van der Waals surface area contributed by atoms with Gasteiger partial charge in [-0.25, -0.2) is 5.43 Å². The van der Waals surface area contributed by atoms with E-state index in [9.17, 15) is 4.79 Å². The summed E-state index contributed by atoms with van der Waals surface area (Å²) < 4.78 is 14.0. The molecule has 0 heterocycles. The topological polar surface area (TPSA) is 59.9 Å². The highest BCUT2D eigenvalue weighted by Crippen LogP contribution is 2.36. The monoisotopic (exact) mass is 644 g/mol. The average Bonchev–Trinajstić information content (AvgIpc) is 2.54. The van der Waals surface area contributed by atoms with E-state index in [0.29, 0.717) is 5.75 Å². The Kier molecular flexibility index (Phi) is 8.17. The van der Waals surface area contributed by atoms with E-state index in [2.05, 4.69) is 80.9 Å². The molecule has 0 aliphatic rings. The summed E-state index contributed by atoms with van der Waals surface area (Å²) in [7, 11) is 1.62. The van der Waals surface area contributed by atoms with Crippen LogP contribution in [0.5, 0.6) is 11.5 Å². The number of amides is 1. The minimum Gasteiger partial charge on any atom is -0.496 e. The van der Waals surface area contributed by atoms with Crippen LogP contribution in [-0.2, 0) is 4.79 Å². The molecule has 132 valence electrons. The summed E-state index contributed by atoms with van der Waals surface area (Å²) in [6.45, 7) is -0.156. The van der Waals surface area contributed by atoms with E-state index in [0.717, 1.165) is 28.3 Å². The molecule has 0 saturated heterocycles. The first-order chi connectivity index (χ1) is 11.9. The zero-order valence-electron chi connectivity index (χ0n) is 12.9. The number of benzene rings is 2. The number of hydrazone groups is 1. The van der Waals surface area contributed by atoms with Crippen LogP contribution >= 0.6 is 70.4 Å². The number of hydrogen-bond donors (Lipinski definition) is 1. The Bertz CT molecular complexity index is 792. The van der Waals surface area contributed by atoms with Crippen LogP contribution in [0, 0.1) is 3.57 Å². The first-order valence-electron chi connectivity index (χ1n) is 6.83. The second-order valence-electron chi connectivity index (χ2n) is 4.67. The van der Waals surface area contributed by atoms with Crippen LogP contribution in [0.25, 0.3) is 0 Å². The zero-order valence-corrected chi connectivity index (χ0v) is 19.8. The maximum atomic E-state index is 11.9. The number of carbonyl (C=O) groups excluding carboxylic acids is 1. The van der Waals surface area contributed by atoms with Crippen molar-refractivity contribution in [1.29, 1.82) is 0 Å². The van der Waals surface area contributed by atoms with E-state index >= 15 is 0 Å². The molecule has 2 rings (SSSR count). The van der Waals surface area contributed by atoms with Crippen molar-refractivity contribution in [3.05, 3.63) is 52.9 Å². The predicted octanol–water partition coefficient (Wildman–Crippen LogP) is 5.12. The Morgan fingerprint density at radius 2 is 1.92 bits per heavy atom. The molecule has 25 heavy (non-hydrogen) atoms. The fourth-order valence-electron chi connectivity index (χ4n) is 1.78. The summed E-state index contributed by atoms with van der Waals surface area (Å²) >= 11 is 12.3. The second kappa shape index (κ2) is 9.89. The standard InChI is InChI=1S/C16H12Br3IN2O3/c1-24-14-3-2-9(4-13(14)20)7-21-22-15(23)8-25-16-11(18)5-10(17)6-12(16)19/h2-7H,8H2,1H3,(H,22,23)/b21-7+. The van der Waals surface area contributed by atoms with Crippen molar-refractivity contribution in [2.45, 2.75) is 0 Å². The van der Waals surface area contributed by atoms with Crippen molar-refractivity contribution in [2.24, 2.45) is 5.10 Å². The van der Waals surface area contributed by atoms with Crippen molar-refractivity contribution < 1.29 is 14.3 Å². The quantitative estimate of drug-likeness (QED) is 0.270. The van der Waals surface area contributed by atoms with Crippen LogP contribution in [0.2, 0.25) is 0 Å². The van der Waals surface area contributed by atoms with E-state index in [1.54, 1.807) is 13.3 Å². The number of rotatable bonds is 6. The highest BCUT2D eigenvalue weighted by Gasteiger charge is 2.10. The lowest BCUT2D eigenvalue weighted by atomic mass is 10.2. The Balaban J connectivity index is 1.90. The van der Waals surface area contributed by atoms with Crippen LogP contribution < -0.4 is 14.9 Å². The van der Waals surface area contributed by atoms with Gasteiger partial charge in [0.05, 0.1) is 25.8 Å². The second-order valence-corrected chi connectivity index (χ2v) is 8.46. The minimum absolute atomic E-state index is 0.156. The fourth-order valence-corrected chi connectivity index (χ4v) is 5.03. The van der Waals surface area contributed by atoms with Crippen molar-refractivity contribution in [3.63, 3.8) is 0 Å². The summed E-state index contributed by atoms with van der Waals surface area (Å²) in [4.78, 5) is 11.9. The van der Waals surface area contributed by atoms with Crippen molar-refractivity contribution in [3.8, 4) is 11.5 Å². The van der Waals surface area contributed by atoms with Crippen LogP contribution in [-0.4, -0.2) is 25.8 Å². The summed E-state index contributed by atoms with van der Waals surface area (Å²) in [5.74, 6) is 0.981. The van der Waals surface area contributed by atoms with Gasteiger partial charge < -0.3 is 9.47 Å². The summed E-state index contributed by atoms with van der Waals surface area (Å²) in [5, 5.41) is 3.93. The molecule has 0 radical (unpaired) electrons. The van der Waals surface area contributed by atoms with E-state index in [1.807, 2.05) is 30.3 Å². The molecule has 0 saturated carbocycles. The summed E-state index contributed by atoms with van der Waals surface area (Å²) in [6.07, 6.45) is 1.56. The van der Waals surface area contributed by atoms with Crippen molar-refractivity contribution >= 4 is 82.5 Å². The van der Waals surface area contributed by atoms with E-state index in [4.69, 9.17) is 9.47 Å². The van der Waals surface area contributed by atoms with Gasteiger partial charge in [0.1, 0.15) is 11.5 Å². The summed E-state index contributed by atoms with van der Waals surface area (Å²) in [6, 6.07) is 9.27. The van der Waals surface area contributed by atoms with Gasteiger partial charge >= 0.3 is 0 Å². The van der Waals surface area contributed by atoms with Gasteiger partial charge in [0, 0.05) is 4.47 Å². The van der Waals surface area contributed by atoms with Gasteiger partial charge in [0.2, 0.25) is 0 Å². The van der Waals surface area contributed by atoms with Crippen LogP contribution in [0.4, 0.5) is 0 Å². The lowest BCUT2D eigenvalue weighted by Gasteiger charge is -2.10. The van der Waals surface area contributed by atoms with Gasteiger partial charge in [0.25, 0.3) is 5.91 Å². The van der Waals surface area contributed by atoms with E-state index in [1.165, 1.54) is 0 Å². The van der Waals surface area contributed by atoms with Crippen LogP contribution in [0.15, 0.2) is 48.9 Å². The third-order valence-corrected chi connectivity index (χ3v) is 5.37. The normalized spacial score (nSPS) is 10.8. The molecule has 1 amide bonds. The first kappa shape index (κ1) is 20.7. The maximum Gasteiger partial charge on any atom is 0.277 e. The number of nitrogens with zero attached hydrogens (tertiary/aromatic N) is 1. The largest absolute Gasteiger partial charge is 0.496 e. The lowest BCUT2D eigenvalue weighted by Crippen LogP contribution is -2.24. The number of halogens is 4. The molecule has 0 aliphatic heterocycles. The molecule has 9 heteroatoms. The first-order valence-corrected chi connectivity index (χ1v) is 10.3. The molecule has 5 nitrogen and oxygen atoms in total. The number of nitrogens with one attached hydrogen (secondary N) is 1. The van der Waals surface area contributed by atoms with Crippen LogP contribution in [0.3, 0.4) is 0 Å². The molecule has 0 atom stereocenters. The summed E-state index contributed by atoms with van der Waals surface area (Å²) in [5.41, 5.74) is 3.28. The Hall–Kier alpha value is -0.650. The number of methoxy groups -OCH3 is 1. The molecule has 0 bridgehead atoms. The van der Waals surface area contributed by atoms with Gasteiger partial charge in [-0.2, -0.15) is 5.10 Å².